The van der Waals surface area contributed by atoms with Gasteiger partial charge in [-0.1, -0.05) is 117 Å². The number of benzene rings is 6. The number of carbonyl (C=O) groups is 6. The Morgan fingerprint density at radius 1 is 0.453 bits per heavy atom. The summed E-state index contributed by atoms with van der Waals surface area (Å²) in [5.41, 5.74) is 0.210. The lowest BCUT2D eigenvalue weighted by molar-refractivity contribution is -0.377. The number of H-pyrrole nitrogens is 1. The van der Waals surface area contributed by atoms with Crippen molar-refractivity contribution >= 4 is 85.9 Å². The Bertz CT molecular complexity index is 4140. The predicted octanol–water partition coefficient (Wildman–Crippen LogP) is 16.1. The van der Waals surface area contributed by atoms with Crippen molar-refractivity contribution in [1.29, 1.82) is 0 Å². The normalized spacial score (nSPS) is 31.7. The van der Waals surface area contributed by atoms with E-state index in [1.165, 1.54) is 62.4 Å². The maximum atomic E-state index is 13.6. The molecule has 2 aliphatic heterocycles. The molecule has 6 aromatic carbocycles. The highest BCUT2D eigenvalue weighted by atomic mass is 127. The van der Waals surface area contributed by atoms with Gasteiger partial charge in [0.15, 0.2) is 41.8 Å². The summed E-state index contributed by atoms with van der Waals surface area (Å²) >= 11 is 2.15. The number of aromatic amines is 1. The maximum Gasteiger partial charge on any atom is 0.377 e. The van der Waals surface area contributed by atoms with E-state index in [2.05, 4.69) is 94.9 Å². The lowest BCUT2D eigenvalue weighted by atomic mass is 9.49. The summed E-state index contributed by atoms with van der Waals surface area (Å²) in [6.45, 7) is 5.11. The van der Waals surface area contributed by atoms with Gasteiger partial charge in [0.25, 0.3) is 0 Å². The van der Waals surface area contributed by atoms with Crippen LogP contribution in [0.15, 0.2) is 224 Å². The fourth-order valence-electron chi connectivity index (χ4n) is 22.4. The van der Waals surface area contributed by atoms with Gasteiger partial charge in [-0.25, -0.2) is 23.4 Å². The Morgan fingerprint density at radius 3 is 0.991 bits per heavy atom. The molecular weight excluding hydrogens is 1720 g/mol. The molecule has 626 valence electrons. The first-order valence-electron chi connectivity index (χ1n) is 40.5. The molecule has 14 aliphatic rings. The van der Waals surface area contributed by atoms with E-state index in [1.54, 1.807) is 0 Å². The molecule has 117 heavy (non-hydrogen) atoms. The smallest absolute Gasteiger partial charge is 0.377 e. The third kappa shape index (κ3) is 18.2. The molecule has 14 nitrogen and oxygen atoms in total. The SMILES string of the molecule is C.CCC1(OC(=O)C2C3CC4C(OC(=O)C42)C3OC(=O)C(C)(F)F)C2CC3CC(C2)CC1C3.CCC1(OC(=O)C2C3CC4C(OC(=O)C42)C3OC(=O)C(C)(F)F)C2CC3CC(C2)CC1C3.CI.CN(C)c1cc[nH+]cc1.Fc1ccc([S+](c2ccccc2)c2ccccc2)cc1.Fc1ccc([S+](c2ccccc2)c2ccccc2)cc1.[Br-]. The summed E-state index contributed by atoms with van der Waals surface area (Å²) in [4.78, 5) is 90.5. The van der Waals surface area contributed by atoms with Gasteiger partial charge in [-0.15, -0.1) is 0 Å². The second-order valence-electron chi connectivity index (χ2n) is 33.5. The topological polar surface area (TPSA) is 175 Å². The van der Waals surface area contributed by atoms with Crippen LogP contribution in [0.5, 0.6) is 0 Å². The first-order chi connectivity index (χ1) is 55.2. The third-order valence-corrected chi connectivity index (χ3v) is 31.3. The molecule has 12 saturated carbocycles. The van der Waals surface area contributed by atoms with Gasteiger partial charge in [-0.05, 0) is 239 Å². The predicted molar refractivity (Wildman–Crippen MR) is 437 cm³/mol. The number of rotatable bonds is 17. The van der Waals surface area contributed by atoms with Crippen LogP contribution in [0.2, 0.25) is 0 Å². The van der Waals surface area contributed by atoms with Crippen LogP contribution in [0, 0.1) is 106 Å². The Hall–Kier alpha value is -7.42. The van der Waals surface area contributed by atoms with Gasteiger partial charge in [0.2, 0.25) is 0 Å². The van der Waals surface area contributed by atoms with E-state index in [-0.39, 0.29) is 69.7 Å². The molecule has 12 bridgehead atoms. The molecule has 12 unspecified atom stereocenters. The molecule has 3 heterocycles. The lowest BCUT2D eigenvalue weighted by Crippen LogP contribution is -3.00. The zero-order valence-corrected chi connectivity index (χ0v) is 71.5. The number of nitrogens with zero attached hydrogens (tertiary/aromatic N) is 1. The zero-order valence-electron chi connectivity index (χ0n) is 66.1. The number of alkyl halides is 5. The van der Waals surface area contributed by atoms with E-state index in [9.17, 15) is 55.1 Å². The summed E-state index contributed by atoms with van der Waals surface area (Å²) in [7, 11) is 3.67. The Morgan fingerprint density at radius 2 is 0.735 bits per heavy atom. The number of ether oxygens (including phenoxy) is 6. The van der Waals surface area contributed by atoms with Crippen LogP contribution in [0.3, 0.4) is 0 Å². The Labute approximate surface area is 712 Å². The van der Waals surface area contributed by atoms with Gasteiger partial charge >= 0.3 is 47.7 Å². The summed E-state index contributed by atoms with van der Waals surface area (Å²) in [6, 6.07) is 59.1. The van der Waals surface area contributed by atoms with Gasteiger partial charge in [-0.3, -0.25) is 19.2 Å². The molecule has 14 fully saturated rings. The van der Waals surface area contributed by atoms with Crippen molar-refractivity contribution in [1.82, 2.24) is 0 Å². The molecular formula is C93H106BrF6IN2O12S2+2. The van der Waals surface area contributed by atoms with Crippen molar-refractivity contribution in [2.45, 2.75) is 202 Å². The first-order valence-corrected chi connectivity index (χ1v) is 45.1. The van der Waals surface area contributed by atoms with Gasteiger partial charge in [-0.2, -0.15) is 17.6 Å². The highest BCUT2D eigenvalue weighted by Crippen LogP contribution is 2.66. The highest BCUT2D eigenvalue weighted by Gasteiger charge is 2.73. The van der Waals surface area contributed by atoms with Gasteiger partial charge in [0.1, 0.15) is 47.3 Å². The summed E-state index contributed by atoms with van der Waals surface area (Å²) in [6.07, 6.45) is 14.0. The third-order valence-electron chi connectivity index (χ3n) is 26.8. The number of anilines is 1. The number of pyridine rings is 1. The molecule has 1 N–H and O–H groups in total. The second-order valence-corrected chi connectivity index (χ2v) is 37.6. The molecule has 0 spiro atoms. The standard InChI is InChI=1S/2C24H30F2O6.2C18H14FS.C7H10N2.CH3I.CH4.BrH/c2*1-3-24(12-5-10-4-11(7-12)8-13(24)6-10)32-21(28)17-15-9-14-16(17)20(27)30-18(14)19(15)31-22(29)23(2,25)26;2*19-15-11-13-18(14-12-15)20(16-7-3-1-4-8-16)17-9-5-2-6-10-17;1-9(2)7-3-5-8-6-4-7;1-2;;/h2*10-19H,3-9H2,1-2H3;2*1-14H;3-6H,1-2H3;1H3;1H4;1H/q;;2*+1;;;;. The van der Waals surface area contributed by atoms with E-state index in [4.69, 9.17) is 28.4 Å². The minimum atomic E-state index is -3.65. The molecule has 12 aliphatic carbocycles. The number of fused-ring (bicyclic) bond motifs is 2. The molecule has 7 aromatic rings. The van der Waals surface area contributed by atoms with Gasteiger partial charge in [0, 0.05) is 69.4 Å². The number of hydrogen-bond acceptors (Lipinski definition) is 13. The quantitative estimate of drug-likeness (QED) is 0.0210. The molecule has 2 saturated heterocycles. The van der Waals surface area contributed by atoms with Crippen LogP contribution >= 0.6 is 22.6 Å². The zero-order chi connectivity index (χ0) is 81.4. The number of nitrogens with one attached hydrogen (secondary N) is 1. The number of carbonyl (C=O) groups excluding carboxylic acids is 6. The lowest BCUT2D eigenvalue weighted by Gasteiger charge is -2.60. The summed E-state index contributed by atoms with van der Waals surface area (Å²) in [5, 5.41) is 0. The second kappa shape index (κ2) is 37.3. The number of esters is 6. The van der Waals surface area contributed by atoms with E-state index in [0.717, 1.165) is 97.7 Å². The monoisotopic (exact) mass is 1830 g/mol. The van der Waals surface area contributed by atoms with Crippen molar-refractivity contribution in [3.8, 4) is 0 Å². The van der Waals surface area contributed by atoms with Gasteiger partial charge < -0.3 is 50.3 Å². The van der Waals surface area contributed by atoms with Crippen molar-refractivity contribution in [3.05, 3.63) is 206 Å². The average molecular weight is 1830 g/mol. The Kier molecular flexibility index (Phi) is 28.3. The molecule has 0 radical (unpaired) electrons. The van der Waals surface area contributed by atoms with Crippen LogP contribution < -0.4 is 26.9 Å². The Balaban J connectivity index is 0.000000139. The fraction of sp³-hybridized carbons (Fsp3) is 0.495. The number of halogens is 8. The molecule has 0 amide bonds. The minimum absolute atomic E-state index is 0. The van der Waals surface area contributed by atoms with Crippen molar-refractivity contribution < 1.29 is 105 Å². The summed E-state index contributed by atoms with van der Waals surface area (Å²) < 4.78 is 114. The fourth-order valence-corrected chi connectivity index (χ4v) is 26.5. The average Bonchev–Trinajstić information content (AvgIpc) is 1.60. The van der Waals surface area contributed by atoms with Crippen LogP contribution in [0.25, 0.3) is 0 Å². The molecule has 21 rings (SSSR count). The summed E-state index contributed by atoms with van der Waals surface area (Å²) in [5.74, 6) is -13.0. The molecule has 24 heteroatoms. The van der Waals surface area contributed by atoms with E-state index in [0.29, 0.717) is 50.4 Å². The highest BCUT2D eigenvalue weighted by molar-refractivity contribution is 14.1. The van der Waals surface area contributed by atoms with E-state index < -0.39 is 119 Å². The van der Waals surface area contributed by atoms with E-state index >= 15 is 0 Å². The first kappa shape index (κ1) is 88.9. The van der Waals surface area contributed by atoms with Crippen LogP contribution in [-0.4, -0.2) is 102 Å². The van der Waals surface area contributed by atoms with Crippen molar-refractivity contribution in [2.75, 3.05) is 23.9 Å². The molecule has 1 aromatic heterocycles. The van der Waals surface area contributed by atoms with Crippen LogP contribution in [0.1, 0.15) is 125 Å². The number of aromatic nitrogens is 1. The van der Waals surface area contributed by atoms with Gasteiger partial charge in [0.05, 0.1) is 45.5 Å². The number of hydrogen-bond donors (Lipinski definition) is 0. The molecule has 12 atom stereocenters. The van der Waals surface area contributed by atoms with E-state index in [1.807, 2.05) is 141 Å². The van der Waals surface area contributed by atoms with Crippen LogP contribution in [0.4, 0.5) is 32.0 Å². The van der Waals surface area contributed by atoms with Crippen molar-refractivity contribution in [2.24, 2.45) is 94.7 Å². The maximum absolute atomic E-state index is 13.6. The van der Waals surface area contributed by atoms with Crippen molar-refractivity contribution in [3.63, 3.8) is 0 Å². The minimum Gasteiger partial charge on any atom is -1.00 e. The largest absolute Gasteiger partial charge is 1.00 e. The van der Waals surface area contributed by atoms with Crippen LogP contribution in [-0.2, 0) is 79.0 Å².